The van der Waals surface area contributed by atoms with E-state index in [1.54, 1.807) is 0 Å². The summed E-state index contributed by atoms with van der Waals surface area (Å²) in [6, 6.07) is 1.30. The highest BCUT2D eigenvalue weighted by Gasteiger charge is 2.59. The molecule has 1 aromatic heterocycles. The Bertz CT molecular complexity index is 597. The van der Waals surface area contributed by atoms with Crippen molar-refractivity contribution in [2.24, 2.45) is 16.7 Å². The summed E-state index contributed by atoms with van der Waals surface area (Å²) in [5, 5.41) is 12.2. The molecule has 0 radical (unpaired) electrons. The number of hydrogen-bond donors (Lipinski definition) is 2. The molecule has 3 rings (SSSR count). The van der Waals surface area contributed by atoms with E-state index in [2.05, 4.69) is 31.1 Å². The van der Waals surface area contributed by atoms with Gasteiger partial charge in [0.15, 0.2) is 11.6 Å². The number of pyridine rings is 1. The summed E-state index contributed by atoms with van der Waals surface area (Å²) in [5.41, 5.74) is -0.152. The molecule has 1 heterocycles. The molecule has 0 saturated heterocycles. The average molecular weight is 292 g/mol. The van der Waals surface area contributed by atoms with E-state index in [-0.39, 0.29) is 28.3 Å². The van der Waals surface area contributed by atoms with E-state index in [9.17, 15) is 9.18 Å². The summed E-state index contributed by atoms with van der Waals surface area (Å²) in [6.45, 7) is 6.65. The lowest BCUT2D eigenvalue weighted by atomic mass is 9.68. The van der Waals surface area contributed by atoms with E-state index < -0.39 is 11.8 Å². The molecule has 2 bridgehead atoms. The van der Waals surface area contributed by atoms with Crippen molar-refractivity contribution >= 4 is 11.8 Å². The lowest BCUT2D eigenvalue weighted by molar-refractivity contribution is 0.0692. The second-order valence-electron chi connectivity index (χ2n) is 7.32. The molecule has 3 unspecified atom stereocenters. The Morgan fingerprint density at radius 3 is 2.76 bits per heavy atom. The Morgan fingerprint density at radius 1 is 1.48 bits per heavy atom. The first-order valence-corrected chi connectivity index (χ1v) is 7.40. The van der Waals surface area contributed by atoms with Crippen LogP contribution in [0.5, 0.6) is 0 Å². The molecule has 114 valence electrons. The predicted molar refractivity (Wildman–Crippen MR) is 77.8 cm³/mol. The smallest absolute Gasteiger partial charge is 0.338 e. The van der Waals surface area contributed by atoms with Gasteiger partial charge in [-0.25, -0.2) is 14.2 Å². The molecule has 2 aliphatic rings. The van der Waals surface area contributed by atoms with Gasteiger partial charge in [-0.15, -0.1) is 0 Å². The molecule has 0 amide bonds. The number of carboxylic acid groups (broad SMARTS) is 1. The van der Waals surface area contributed by atoms with Gasteiger partial charge in [0.05, 0.1) is 0 Å². The summed E-state index contributed by atoms with van der Waals surface area (Å²) < 4.78 is 14.3. The van der Waals surface area contributed by atoms with Crippen molar-refractivity contribution in [1.29, 1.82) is 0 Å². The first kappa shape index (κ1) is 14.3. The third-order valence-electron chi connectivity index (χ3n) is 5.67. The monoisotopic (exact) mass is 292 g/mol. The first-order valence-electron chi connectivity index (χ1n) is 7.40. The third kappa shape index (κ3) is 2.01. The number of rotatable bonds is 3. The number of anilines is 1. The normalized spacial score (nSPS) is 33.1. The van der Waals surface area contributed by atoms with Crippen molar-refractivity contribution in [3.05, 3.63) is 23.6 Å². The van der Waals surface area contributed by atoms with Gasteiger partial charge in [-0.05, 0) is 42.1 Å². The molecular weight excluding hydrogens is 271 g/mol. The molecule has 0 aliphatic heterocycles. The number of aromatic nitrogens is 1. The highest BCUT2D eigenvalue weighted by molar-refractivity contribution is 5.88. The quantitative estimate of drug-likeness (QED) is 0.894. The summed E-state index contributed by atoms with van der Waals surface area (Å²) in [6.07, 6.45) is 4.82. The fourth-order valence-electron chi connectivity index (χ4n) is 4.51. The van der Waals surface area contributed by atoms with Gasteiger partial charge in [0, 0.05) is 12.2 Å². The Balaban J connectivity index is 1.94. The summed E-state index contributed by atoms with van der Waals surface area (Å²) >= 11 is 0. The lowest BCUT2D eigenvalue weighted by Crippen LogP contribution is -2.46. The molecule has 2 aliphatic carbocycles. The maximum absolute atomic E-state index is 14.3. The Kier molecular flexibility index (Phi) is 3.01. The van der Waals surface area contributed by atoms with Gasteiger partial charge in [-0.2, -0.15) is 0 Å². The van der Waals surface area contributed by atoms with E-state index in [1.165, 1.54) is 18.7 Å². The number of nitrogens with zero attached hydrogens (tertiary/aromatic N) is 1. The molecule has 2 fully saturated rings. The zero-order valence-corrected chi connectivity index (χ0v) is 12.6. The Morgan fingerprint density at radius 2 is 2.19 bits per heavy atom. The van der Waals surface area contributed by atoms with Crippen molar-refractivity contribution in [1.82, 2.24) is 4.98 Å². The van der Waals surface area contributed by atoms with Gasteiger partial charge in [0.25, 0.3) is 0 Å². The highest BCUT2D eigenvalue weighted by atomic mass is 19.1. The fourth-order valence-corrected chi connectivity index (χ4v) is 4.51. The minimum atomic E-state index is -1.27. The largest absolute Gasteiger partial charge is 0.478 e. The van der Waals surface area contributed by atoms with Gasteiger partial charge in [-0.1, -0.05) is 20.8 Å². The second-order valence-corrected chi connectivity index (χ2v) is 7.32. The number of aromatic carboxylic acids is 1. The maximum Gasteiger partial charge on any atom is 0.338 e. The van der Waals surface area contributed by atoms with Crippen LogP contribution in [0.1, 0.15) is 50.4 Å². The molecule has 3 atom stereocenters. The number of fused-ring (bicyclic) bond motifs is 2. The zero-order valence-electron chi connectivity index (χ0n) is 12.6. The lowest BCUT2D eigenvalue weighted by Gasteiger charge is -2.43. The van der Waals surface area contributed by atoms with Crippen molar-refractivity contribution < 1.29 is 14.3 Å². The van der Waals surface area contributed by atoms with Crippen LogP contribution in [-0.2, 0) is 0 Å². The van der Waals surface area contributed by atoms with Crippen molar-refractivity contribution in [3.8, 4) is 0 Å². The van der Waals surface area contributed by atoms with Gasteiger partial charge in [0.1, 0.15) is 5.56 Å². The van der Waals surface area contributed by atoms with Crippen molar-refractivity contribution in [3.63, 3.8) is 0 Å². The van der Waals surface area contributed by atoms with Crippen LogP contribution in [0.4, 0.5) is 10.2 Å². The average Bonchev–Trinajstić information content (AvgIpc) is 2.87. The zero-order chi connectivity index (χ0) is 15.4. The van der Waals surface area contributed by atoms with Gasteiger partial charge in [0.2, 0.25) is 0 Å². The van der Waals surface area contributed by atoms with E-state index >= 15 is 0 Å². The molecular formula is C16H21FN2O2. The molecule has 4 nitrogen and oxygen atoms in total. The van der Waals surface area contributed by atoms with Crippen LogP contribution in [0.25, 0.3) is 0 Å². The minimum Gasteiger partial charge on any atom is -0.478 e. The molecule has 1 aromatic rings. The summed E-state index contributed by atoms with van der Waals surface area (Å²) in [7, 11) is 0. The fraction of sp³-hybridized carbons (Fsp3) is 0.625. The third-order valence-corrected chi connectivity index (χ3v) is 5.67. The van der Waals surface area contributed by atoms with E-state index in [4.69, 9.17) is 5.11 Å². The summed E-state index contributed by atoms with van der Waals surface area (Å²) in [4.78, 5) is 15.0. The standard InChI is InChI=1S/C16H21FN2O2/c1-15(2)9-4-6-16(3,8-9)14(15)19-12-11(17)10(13(20)21)5-7-18-12/h5,7,9,14H,4,6,8H2,1-3H3,(H,18,19)(H,20,21). The molecule has 0 spiro atoms. The second kappa shape index (κ2) is 4.42. The number of halogens is 1. The number of carboxylic acids is 1. The minimum absolute atomic E-state index is 0.0559. The summed E-state index contributed by atoms with van der Waals surface area (Å²) in [5.74, 6) is -1.35. The molecule has 2 N–H and O–H groups in total. The van der Waals surface area contributed by atoms with Crippen LogP contribution < -0.4 is 5.32 Å². The van der Waals surface area contributed by atoms with Crippen LogP contribution in [0.2, 0.25) is 0 Å². The van der Waals surface area contributed by atoms with Crippen LogP contribution >= 0.6 is 0 Å². The van der Waals surface area contributed by atoms with Crippen LogP contribution in [0.15, 0.2) is 12.3 Å². The molecule has 21 heavy (non-hydrogen) atoms. The van der Waals surface area contributed by atoms with Crippen molar-refractivity contribution in [2.45, 2.75) is 46.1 Å². The van der Waals surface area contributed by atoms with Gasteiger partial charge in [-0.3, -0.25) is 0 Å². The van der Waals surface area contributed by atoms with Crippen molar-refractivity contribution in [2.75, 3.05) is 5.32 Å². The maximum atomic E-state index is 14.3. The van der Waals surface area contributed by atoms with Crippen LogP contribution in [-0.4, -0.2) is 22.1 Å². The topological polar surface area (TPSA) is 62.2 Å². The predicted octanol–water partition coefficient (Wildman–Crippen LogP) is 3.55. The van der Waals surface area contributed by atoms with E-state index in [0.29, 0.717) is 5.92 Å². The van der Waals surface area contributed by atoms with Crippen LogP contribution in [0.3, 0.4) is 0 Å². The molecule has 0 aromatic carbocycles. The molecule has 2 saturated carbocycles. The van der Waals surface area contributed by atoms with Gasteiger partial charge < -0.3 is 10.4 Å². The SMILES string of the molecule is CC12CCC(C1)C(C)(C)C2Nc1nccc(C(=O)O)c1F. The number of nitrogens with one attached hydrogen (secondary N) is 1. The van der Waals surface area contributed by atoms with Crippen LogP contribution in [0, 0.1) is 22.6 Å². The Hall–Kier alpha value is -1.65. The van der Waals surface area contributed by atoms with Gasteiger partial charge >= 0.3 is 5.97 Å². The molecule has 5 heteroatoms. The Labute approximate surface area is 123 Å². The first-order chi connectivity index (χ1) is 9.75. The highest BCUT2D eigenvalue weighted by Crippen LogP contribution is 2.63. The number of hydrogen-bond acceptors (Lipinski definition) is 3. The van der Waals surface area contributed by atoms with E-state index in [1.807, 2.05) is 0 Å². The van der Waals surface area contributed by atoms with E-state index in [0.717, 1.165) is 12.8 Å². The number of carbonyl (C=O) groups is 1.